The van der Waals surface area contributed by atoms with E-state index in [4.69, 9.17) is 13.9 Å². The molecule has 13 aromatic rings. The monoisotopic (exact) mass is 1390 g/mol. The Hall–Kier alpha value is -11.1. The fourth-order valence-electron chi connectivity index (χ4n) is 10.4. The average molecular weight is 1390 g/mol. The zero-order chi connectivity index (χ0) is 74.6. The molecule has 1 amide bonds. The van der Waals surface area contributed by atoms with Gasteiger partial charge >= 0.3 is 6.18 Å². The molecule has 0 N–H and O–H groups in total. The molecule has 18 heteroatoms. The number of halogens is 3. The molecule has 9 heterocycles. The molecule has 6 aromatic heterocycles. The number of rotatable bonds is 0. The van der Waals surface area contributed by atoms with Crippen LogP contribution in [0.3, 0.4) is 0 Å². The number of ether oxygens (including phenoxy) is 2. The SMILES string of the molecule is Cc1ccc2c(c1)N(C)C(=O)CC2.Cc1ccc2c(c1)OCC(C)(C)C2.Cc1ccc2c(c1)OCCN2C.Cc1ccc2cc(C)ccc2c1.Cc1ccccn1.Cc1cnc(C(F)(F)F)nc1.Cc1cnc2ccccc2c1.Cc1cnc2ccccc2n1.Cc1nccn1C.Cc1ncco1. The number of oxazole rings is 1. The van der Waals surface area contributed by atoms with Gasteiger partial charge in [0.25, 0.3) is 0 Å². The van der Waals surface area contributed by atoms with Crippen molar-refractivity contribution in [2.75, 3.05) is 43.7 Å². The number of likely N-dealkylation sites (N-methyl/N-ethyl adjacent to an activating group) is 1. The van der Waals surface area contributed by atoms with Gasteiger partial charge in [0.2, 0.25) is 11.7 Å². The number of para-hydroxylation sites is 3. The average Bonchev–Trinajstić information content (AvgIpc) is 1.05. The lowest BCUT2D eigenvalue weighted by Gasteiger charge is -2.31. The predicted molar refractivity (Wildman–Crippen MR) is 411 cm³/mol. The van der Waals surface area contributed by atoms with E-state index in [0.717, 1.165) is 102 Å². The largest absolute Gasteiger partial charge is 0.493 e. The van der Waals surface area contributed by atoms with E-state index in [1.54, 1.807) is 49.8 Å². The molecule has 0 radical (unpaired) electrons. The molecular weight excluding hydrogens is 1300 g/mol. The fourth-order valence-corrected chi connectivity index (χ4v) is 10.4. The summed E-state index contributed by atoms with van der Waals surface area (Å²) in [6.07, 6.45) is 12.8. The maximum atomic E-state index is 11.8. The number of hydrogen-bond acceptors (Lipinski definition) is 13. The summed E-state index contributed by atoms with van der Waals surface area (Å²) in [4.78, 5) is 46.1. The second kappa shape index (κ2) is 38.6. The maximum Gasteiger partial charge on any atom is 0.451 e. The van der Waals surface area contributed by atoms with E-state index < -0.39 is 12.0 Å². The van der Waals surface area contributed by atoms with Crippen molar-refractivity contribution in [2.45, 2.75) is 115 Å². The van der Waals surface area contributed by atoms with Crippen LogP contribution in [0.25, 0.3) is 32.7 Å². The third kappa shape index (κ3) is 26.4. The van der Waals surface area contributed by atoms with E-state index in [1.165, 1.54) is 66.4 Å². The number of fused-ring (bicyclic) bond motifs is 6. The Labute approximate surface area is 605 Å². The summed E-state index contributed by atoms with van der Waals surface area (Å²) < 4.78 is 53.3. The number of anilines is 2. The number of imidazole rings is 1. The van der Waals surface area contributed by atoms with Crippen molar-refractivity contribution < 1.29 is 31.9 Å². The van der Waals surface area contributed by atoms with Crippen LogP contribution in [-0.4, -0.2) is 84.2 Å². The van der Waals surface area contributed by atoms with Gasteiger partial charge in [-0.3, -0.25) is 19.7 Å². The van der Waals surface area contributed by atoms with E-state index in [0.29, 0.717) is 17.4 Å². The highest BCUT2D eigenvalue weighted by Crippen LogP contribution is 2.35. The molecule has 3 aliphatic rings. The van der Waals surface area contributed by atoms with E-state index in [-0.39, 0.29) is 5.91 Å². The Morgan fingerprint density at radius 2 is 1.04 bits per heavy atom. The zero-order valence-electron chi connectivity index (χ0n) is 62.2. The number of benzene rings is 7. The molecule has 0 bridgehead atoms. The van der Waals surface area contributed by atoms with Crippen LogP contribution < -0.4 is 19.3 Å². The number of aryl methyl sites for hydroxylation is 13. The van der Waals surface area contributed by atoms with Crippen molar-refractivity contribution in [3.8, 4) is 11.5 Å². The van der Waals surface area contributed by atoms with Crippen molar-refractivity contribution in [1.29, 1.82) is 0 Å². The molecule has 0 atom stereocenters. The standard InChI is InChI=1S/C12H16O.C12H12.C11H13NO.C10H13NO.C10H9N.C9H8N2.C6H5F3N2.C6H7N.C5H8N2.C4H5NO/c1-9-4-5-10-7-12(2,3)8-13-11(10)6-9;1-9-3-5-12-8-10(2)4-6-11(12)7-9;1-8-3-4-9-5-6-11(13)12(2)10(9)7-8;1-8-3-4-9-10(7-8)12-6-5-11(9)2;1-8-6-9-4-2-3-5-10(9)11-7-8;1-7-6-10-8-4-2-3-5-9(8)11-7;1-4-2-10-5(11-3-4)6(7,8)9;1-6-4-2-3-5-7-6;1-5-6-3-4-7(5)2;1-4-5-2-3-6-4/h4-6H,7-8H2,1-3H3;3-8H,1-2H3;3-4,7H,5-6H2,1-2H3;3-4,7H,5-6H2,1-2H3;2-7H,1H3;2-6H,1H3;2-3H,1H3;2-5H,1H3;3-4H,1-2H3;2-3H,1H3. The van der Waals surface area contributed by atoms with Gasteiger partial charge in [0.1, 0.15) is 30.2 Å². The number of carbonyl (C=O) groups is 1. The maximum absolute atomic E-state index is 11.8. The van der Waals surface area contributed by atoms with E-state index in [2.05, 4.69) is 203 Å². The summed E-state index contributed by atoms with van der Waals surface area (Å²) in [5.74, 6) is 3.00. The van der Waals surface area contributed by atoms with Crippen LogP contribution in [0.4, 0.5) is 24.5 Å². The highest BCUT2D eigenvalue weighted by molar-refractivity contribution is 5.96. The van der Waals surface area contributed by atoms with Gasteiger partial charge in [0, 0.05) is 100 Å². The molecule has 103 heavy (non-hydrogen) atoms. The highest BCUT2D eigenvalue weighted by Gasteiger charge is 2.34. The summed E-state index contributed by atoms with van der Waals surface area (Å²) >= 11 is 0. The first kappa shape index (κ1) is 79.2. The summed E-state index contributed by atoms with van der Waals surface area (Å²) in [5.41, 5.74) is 18.4. The summed E-state index contributed by atoms with van der Waals surface area (Å²) in [6, 6.07) is 56.2. The number of carbonyl (C=O) groups excluding carboxylic acids is 1. The van der Waals surface area contributed by atoms with Gasteiger partial charge in [-0.15, -0.1) is 0 Å². The molecule has 0 saturated heterocycles. The minimum atomic E-state index is -4.44. The second-order valence-electron chi connectivity index (χ2n) is 26.3. The number of alkyl halides is 3. The number of amides is 1. The molecule has 0 unspecified atom stereocenters. The summed E-state index contributed by atoms with van der Waals surface area (Å²) in [5, 5.41) is 3.88. The van der Waals surface area contributed by atoms with Gasteiger partial charge in [-0.2, -0.15) is 13.2 Å². The van der Waals surface area contributed by atoms with Gasteiger partial charge in [-0.05, 0) is 192 Å². The summed E-state index contributed by atoms with van der Waals surface area (Å²) in [6.45, 7) is 29.0. The van der Waals surface area contributed by atoms with Crippen LogP contribution in [0.1, 0.15) is 99.3 Å². The second-order valence-corrected chi connectivity index (χ2v) is 26.3. The predicted octanol–water partition coefficient (Wildman–Crippen LogP) is 19.5. The Kier molecular flexibility index (Phi) is 29.7. The molecule has 7 aromatic carbocycles. The Balaban J connectivity index is 0.000000161. The van der Waals surface area contributed by atoms with Crippen molar-refractivity contribution in [3.63, 3.8) is 0 Å². The van der Waals surface area contributed by atoms with Crippen molar-refractivity contribution in [3.05, 3.63) is 299 Å². The number of pyridine rings is 2. The zero-order valence-corrected chi connectivity index (χ0v) is 62.2. The third-order valence-corrected chi connectivity index (χ3v) is 16.2. The lowest BCUT2D eigenvalue weighted by molar-refractivity contribution is -0.145. The molecule has 3 aliphatic heterocycles. The summed E-state index contributed by atoms with van der Waals surface area (Å²) in [7, 11) is 5.92. The minimum absolute atomic E-state index is 0.220. The lowest BCUT2D eigenvalue weighted by Crippen LogP contribution is -2.31. The van der Waals surface area contributed by atoms with Crippen LogP contribution in [0, 0.1) is 81.6 Å². The Morgan fingerprint density at radius 1 is 0.466 bits per heavy atom. The smallest absolute Gasteiger partial charge is 0.451 e. The van der Waals surface area contributed by atoms with Crippen molar-refractivity contribution in [1.82, 2.24) is 44.4 Å². The van der Waals surface area contributed by atoms with Gasteiger partial charge in [-0.25, -0.2) is 24.9 Å². The van der Waals surface area contributed by atoms with Crippen LogP contribution in [0.2, 0.25) is 0 Å². The van der Waals surface area contributed by atoms with Gasteiger partial charge in [-0.1, -0.05) is 128 Å². The van der Waals surface area contributed by atoms with Crippen molar-refractivity contribution >= 4 is 50.0 Å². The first-order valence-electron chi connectivity index (χ1n) is 34.1. The first-order chi connectivity index (χ1) is 49.1. The lowest BCUT2D eigenvalue weighted by atomic mass is 9.84. The van der Waals surface area contributed by atoms with Gasteiger partial charge in [0.05, 0.1) is 47.3 Å². The van der Waals surface area contributed by atoms with E-state index in [1.807, 2.05) is 119 Å². The number of hydrogen-bond donors (Lipinski definition) is 0. The molecular formula is C85H96F3N11O4. The van der Waals surface area contributed by atoms with Crippen LogP contribution in [-0.2, 0) is 30.9 Å². The van der Waals surface area contributed by atoms with Gasteiger partial charge < -0.3 is 28.3 Å². The highest BCUT2D eigenvalue weighted by atomic mass is 19.4. The number of aromatic nitrogens is 9. The molecule has 16 rings (SSSR count). The Bertz CT molecular complexity index is 4640. The van der Waals surface area contributed by atoms with Crippen LogP contribution in [0.15, 0.2) is 224 Å². The first-order valence-corrected chi connectivity index (χ1v) is 34.1. The van der Waals surface area contributed by atoms with Gasteiger partial charge in [0.15, 0.2) is 5.89 Å². The Morgan fingerprint density at radius 3 is 1.61 bits per heavy atom. The molecule has 0 saturated carbocycles. The molecule has 0 spiro atoms. The molecule has 536 valence electrons. The van der Waals surface area contributed by atoms with E-state index in [9.17, 15) is 18.0 Å². The third-order valence-electron chi connectivity index (χ3n) is 16.2. The normalized spacial score (nSPS) is 12.6. The molecule has 0 fully saturated rings. The molecule has 0 aliphatic carbocycles. The van der Waals surface area contributed by atoms with Crippen LogP contribution >= 0.6 is 0 Å². The quantitative estimate of drug-likeness (QED) is 0.141. The topological polar surface area (TPSA) is 163 Å². The minimum Gasteiger partial charge on any atom is -0.493 e. The van der Waals surface area contributed by atoms with E-state index >= 15 is 0 Å². The van der Waals surface area contributed by atoms with Crippen LogP contribution in [0.5, 0.6) is 11.5 Å². The molecule has 15 nitrogen and oxygen atoms in total. The van der Waals surface area contributed by atoms with Crippen molar-refractivity contribution in [2.24, 2.45) is 12.5 Å². The number of nitrogens with zero attached hydrogens (tertiary/aromatic N) is 11. The fraction of sp³-hybridized carbons (Fsp3) is 0.282.